The molecule has 2 amide bonds. The van der Waals surface area contributed by atoms with Gasteiger partial charge in [0.05, 0.1) is 0 Å². The second-order valence-electron chi connectivity index (χ2n) is 5.69. The van der Waals surface area contributed by atoms with Crippen LogP contribution in [-0.4, -0.2) is 45.8 Å². The third kappa shape index (κ3) is 2.76. The van der Waals surface area contributed by atoms with E-state index in [4.69, 9.17) is 0 Å². The molecule has 2 saturated heterocycles. The average molecular weight is 284 g/mol. The maximum atomic E-state index is 12.7. The maximum Gasteiger partial charge on any atom is 0.248 e. The van der Waals surface area contributed by atoms with Gasteiger partial charge in [-0.15, -0.1) is 0 Å². The lowest BCUT2D eigenvalue weighted by atomic mass is 9.91. The molecule has 2 rings (SSSR count). The fourth-order valence-corrected chi connectivity index (χ4v) is 4.14. The highest BCUT2D eigenvalue weighted by molar-refractivity contribution is 8.00. The number of hydrogen-bond acceptors (Lipinski definition) is 3. The van der Waals surface area contributed by atoms with Crippen LogP contribution in [0, 0.1) is 0 Å². The third-order valence-electron chi connectivity index (χ3n) is 4.33. The number of thioether (sulfide) groups is 1. The fraction of sp³-hybridized carbons (Fsp3) is 0.857. The molecule has 2 heterocycles. The lowest BCUT2D eigenvalue weighted by Crippen LogP contribution is -2.69. The Morgan fingerprint density at radius 1 is 1.42 bits per heavy atom. The van der Waals surface area contributed by atoms with Gasteiger partial charge >= 0.3 is 0 Å². The summed E-state index contributed by atoms with van der Waals surface area (Å²) in [5.74, 6) is 1.28. The molecule has 4 nitrogen and oxygen atoms in total. The summed E-state index contributed by atoms with van der Waals surface area (Å²) in [5.41, 5.74) is -0.716. The van der Waals surface area contributed by atoms with Crippen LogP contribution in [0.2, 0.25) is 0 Å². The van der Waals surface area contributed by atoms with Gasteiger partial charge < -0.3 is 10.2 Å². The van der Waals surface area contributed by atoms with Crippen molar-refractivity contribution in [2.75, 3.05) is 12.3 Å². The number of piperazine rings is 1. The van der Waals surface area contributed by atoms with Crippen LogP contribution < -0.4 is 5.32 Å². The van der Waals surface area contributed by atoms with Crippen LogP contribution in [0.15, 0.2) is 0 Å². The molecule has 2 aliphatic rings. The highest BCUT2D eigenvalue weighted by Crippen LogP contribution is 2.30. The summed E-state index contributed by atoms with van der Waals surface area (Å²) in [4.78, 5) is 26.7. The van der Waals surface area contributed by atoms with Crippen molar-refractivity contribution < 1.29 is 9.59 Å². The third-order valence-corrected chi connectivity index (χ3v) is 5.71. The zero-order valence-electron chi connectivity index (χ0n) is 12.1. The van der Waals surface area contributed by atoms with Gasteiger partial charge in [0.1, 0.15) is 11.6 Å². The number of nitrogens with one attached hydrogen (secondary N) is 1. The summed E-state index contributed by atoms with van der Waals surface area (Å²) >= 11 is 1.93. The van der Waals surface area contributed by atoms with E-state index in [-0.39, 0.29) is 17.9 Å². The number of amides is 2. The van der Waals surface area contributed by atoms with Crippen LogP contribution in [0.4, 0.5) is 0 Å². The van der Waals surface area contributed by atoms with Crippen molar-refractivity contribution in [3.05, 3.63) is 0 Å². The largest absolute Gasteiger partial charge is 0.340 e. The monoisotopic (exact) mass is 284 g/mol. The molecule has 0 bridgehead atoms. The first-order valence-corrected chi connectivity index (χ1v) is 8.31. The van der Waals surface area contributed by atoms with E-state index in [0.29, 0.717) is 18.1 Å². The molecule has 108 valence electrons. The van der Waals surface area contributed by atoms with Gasteiger partial charge in [-0.2, -0.15) is 11.8 Å². The van der Waals surface area contributed by atoms with Gasteiger partial charge in [0, 0.05) is 11.8 Å². The molecule has 0 spiro atoms. The highest BCUT2D eigenvalue weighted by Gasteiger charge is 2.46. The van der Waals surface area contributed by atoms with Gasteiger partial charge in [-0.3, -0.25) is 9.59 Å². The van der Waals surface area contributed by atoms with E-state index in [1.807, 2.05) is 37.4 Å². The molecular formula is C14H24N2O2S. The molecule has 2 fully saturated rings. The van der Waals surface area contributed by atoms with Crippen LogP contribution in [0.5, 0.6) is 0 Å². The minimum absolute atomic E-state index is 0.00875. The molecule has 0 aromatic heterocycles. The van der Waals surface area contributed by atoms with Crippen molar-refractivity contribution in [3.8, 4) is 0 Å². The topological polar surface area (TPSA) is 49.4 Å². The first-order valence-electron chi connectivity index (χ1n) is 7.26. The lowest BCUT2D eigenvalue weighted by molar-refractivity contribution is -0.154. The Morgan fingerprint density at radius 3 is 2.68 bits per heavy atom. The van der Waals surface area contributed by atoms with Gasteiger partial charge in [0.25, 0.3) is 0 Å². The van der Waals surface area contributed by atoms with Gasteiger partial charge in [-0.25, -0.2) is 0 Å². The average Bonchev–Trinajstić information content (AvgIpc) is 2.89. The van der Waals surface area contributed by atoms with Crippen LogP contribution in [0.25, 0.3) is 0 Å². The van der Waals surface area contributed by atoms with Crippen LogP contribution >= 0.6 is 11.8 Å². The summed E-state index contributed by atoms with van der Waals surface area (Å²) in [6.07, 6.45) is 3.72. The molecule has 1 N–H and O–H groups in total. The van der Waals surface area contributed by atoms with Crippen molar-refractivity contribution >= 4 is 23.6 Å². The second kappa shape index (κ2) is 5.73. The van der Waals surface area contributed by atoms with E-state index in [2.05, 4.69) is 5.32 Å². The van der Waals surface area contributed by atoms with E-state index in [1.165, 1.54) is 12.2 Å². The Balaban J connectivity index is 2.18. The predicted molar refractivity (Wildman–Crippen MR) is 78.1 cm³/mol. The minimum atomic E-state index is -0.716. The number of rotatable bonds is 4. The Labute approximate surface area is 119 Å². The summed E-state index contributed by atoms with van der Waals surface area (Å²) in [6.45, 7) is 6.49. The number of carbonyl (C=O) groups is 2. The van der Waals surface area contributed by atoms with Crippen molar-refractivity contribution in [3.63, 3.8) is 0 Å². The molecular weight excluding hydrogens is 260 g/mol. The SMILES string of the molecule is CCC1C(=O)NC(C)(CC)C(=O)N1CC1CCCS1. The Morgan fingerprint density at radius 2 is 2.16 bits per heavy atom. The van der Waals surface area contributed by atoms with E-state index in [1.54, 1.807) is 0 Å². The summed E-state index contributed by atoms with van der Waals surface area (Å²) < 4.78 is 0. The maximum absolute atomic E-state index is 12.7. The summed E-state index contributed by atoms with van der Waals surface area (Å²) in [5, 5.41) is 3.42. The quantitative estimate of drug-likeness (QED) is 0.856. The van der Waals surface area contributed by atoms with E-state index in [0.717, 1.165) is 13.0 Å². The van der Waals surface area contributed by atoms with Gasteiger partial charge in [-0.1, -0.05) is 13.8 Å². The van der Waals surface area contributed by atoms with Crippen LogP contribution in [0.1, 0.15) is 46.5 Å². The molecule has 0 aliphatic carbocycles. The fourth-order valence-electron chi connectivity index (χ4n) is 2.87. The van der Waals surface area contributed by atoms with E-state index in [9.17, 15) is 9.59 Å². The van der Waals surface area contributed by atoms with Crippen molar-refractivity contribution in [1.82, 2.24) is 10.2 Å². The molecule has 0 radical (unpaired) electrons. The molecule has 0 aromatic rings. The molecule has 0 aromatic carbocycles. The van der Waals surface area contributed by atoms with Gasteiger partial charge in [-0.05, 0) is 38.4 Å². The van der Waals surface area contributed by atoms with Gasteiger partial charge in [0.15, 0.2) is 0 Å². The zero-order chi connectivity index (χ0) is 14.0. The van der Waals surface area contributed by atoms with Crippen molar-refractivity contribution in [2.45, 2.75) is 63.3 Å². The molecule has 2 aliphatic heterocycles. The zero-order valence-corrected chi connectivity index (χ0v) is 12.9. The van der Waals surface area contributed by atoms with Crippen molar-refractivity contribution in [2.24, 2.45) is 0 Å². The highest BCUT2D eigenvalue weighted by atomic mass is 32.2. The molecule has 19 heavy (non-hydrogen) atoms. The number of nitrogens with zero attached hydrogens (tertiary/aromatic N) is 1. The molecule has 0 saturated carbocycles. The standard InChI is InChI=1S/C14H24N2O2S/c1-4-11-12(17)15-14(3,5-2)13(18)16(11)9-10-7-6-8-19-10/h10-11H,4-9H2,1-3H3,(H,15,17). The second-order valence-corrected chi connectivity index (χ2v) is 7.10. The first-order chi connectivity index (χ1) is 9.01. The molecule has 3 atom stereocenters. The van der Waals surface area contributed by atoms with E-state index >= 15 is 0 Å². The normalized spacial score (nSPS) is 35.6. The Hall–Kier alpha value is -0.710. The summed E-state index contributed by atoms with van der Waals surface area (Å²) in [7, 11) is 0. The number of carbonyl (C=O) groups excluding carboxylic acids is 2. The minimum Gasteiger partial charge on any atom is -0.340 e. The number of hydrogen-bond donors (Lipinski definition) is 1. The van der Waals surface area contributed by atoms with Crippen LogP contribution in [0.3, 0.4) is 0 Å². The first kappa shape index (κ1) is 14.7. The Bertz CT molecular complexity index is 368. The molecule has 3 unspecified atom stereocenters. The lowest BCUT2D eigenvalue weighted by Gasteiger charge is -2.44. The Kier molecular flexibility index (Phi) is 4.43. The van der Waals surface area contributed by atoms with Crippen molar-refractivity contribution in [1.29, 1.82) is 0 Å². The molecule has 5 heteroatoms. The van der Waals surface area contributed by atoms with Crippen LogP contribution in [-0.2, 0) is 9.59 Å². The predicted octanol–water partition coefficient (Wildman–Crippen LogP) is 1.79. The summed E-state index contributed by atoms with van der Waals surface area (Å²) in [6, 6.07) is -0.284. The smallest absolute Gasteiger partial charge is 0.248 e. The van der Waals surface area contributed by atoms with E-state index < -0.39 is 5.54 Å². The van der Waals surface area contributed by atoms with Gasteiger partial charge in [0.2, 0.25) is 11.8 Å².